The quantitative estimate of drug-likeness (QED) is 0.607. The minimum atomic E-state index is -4.94. The van der Waals surface area contributed by atoms with Crippen LogP contribution in [0.15, 0.2) is 18.2 Å². The molecular formula is C10H7F3O4. The van der Waals surface area contributed by atoms with Crippen molar-refractivity contribution in [1.82, 2.24) is 0 Å². The molecule has 7 heteroatoms. The molecule has 0 saturated carbocycles. The van der Waals surface area contributed by atoms with Gasteiger partial charge in [-0.2, -0.15) is 0 Å². The van der Waals surface area contributed by atoms with Crippen LogP contribution < -0.4 is 4.74 Å². The lowest BCUT2D eigenvalue weighted by atomic mass is 10.1. The van der Waals surface area contributed by atoms with Crippen molar-refractivity contribution < 1.29 is 32.2 Å². The molecule has 0 N–H and O–H groups in total. The number of halogens is 3. The molecule has 92 valence electrons. The predicted octanol–water partition coefficient (Wildman–Crippen LogP) is 2.18. The fourth-order valence-corrected chi connectivity index (χ4v) is 1.17. The van der Waals surface area contributed by atoms with Gasteiger partial charge in [-0.1, -0.05) is 6.07 Å². The fourth-order valence-electron chi connectivity index (χ4n) is 1.17. The number of rotatable bonds is 3. The van der Waals surface area contributed by atoms with Crippen LogP contribution in [0.5, 0.6) is 5.75 Å². The summed E-state index contributed by atoms with van der Waals surface area (Å²) in [5.74, 6) is -1.66. The van der Waals surface area contributed by atoms with Crippen molar-refractivity contribution in [2.45, 2.75) is 6.36 Å². The van der Waals surface area contributed by atoms with Crippen molar-refractivity contribution in [3.05, 3.63) is 29.3 Å². The average molecular weight is 248 g/mol. The van der Waals surface area contributed by atoms with Crippen LogP contribution in [0.25, 0.3) is 0 Å². The van der Waals surface area contributed by atoms with E-state index in [9.17, 15) is 22.8 Å². The third-order valence-corrected chi connectivity index (χ3v) is 1.81. The highest BCUT2D eigenvalue weighted by molar-refractivity contribution is 5.99. The lowest BCUT2D eigenvalue weighted by Crippen LogP contribution is -2.19. The molecule has 0 atom stereocenters. The first kappa shape index (κ1) is 13.0. The number of methoxy groups -OCH3 is 1. The van der Waals surface area contributed by atoms with Gasteiger partial charge < -0.3 is 9.47 Å². The monoisotopic (exact) mass is 248 g/mol. The van der Waals surface area contributed by atoms with Gasteiger partial charge in [-0.15, -0.1) is 13.2 Å². The molecule has 4 nitrogen and oxygen atoms in total. The highest BCUT2D eigenvalue weighted by Gasteiger charge is 2.33. The van der Waals surface area contributed by atoms with E-state index in [-0.39, 0.29) is 11.8 Å². The van der Waals surface area contributed by atoms with Crippen LogP contribution in [0.2, 0.25) is 0 Å². The van der Waals surface area contributed by atoms with Crippen LogP contribution in [-0.4, -0.2) is 25.7 Å². The first-order valence-corrected chi connectivity index (χ1v) is 4.31. The number of ether oxygens (including phenoxy) is 2. The molecular weight excluding hydrogens is 241 g/mol. The van der Waals surface area contributed by atoms with Crippen LogP contribution in [-0.2, 0) is 4.74 Å². The number of alkyl halides is 3. The van der Waals surface area contributed by atoms with E-state index in [1.54, 1.807) is 0 Å². The number of hydrogen-bond donors (Lipinski definition) is 0. The molecule has 0 fully saturated rings. The van der Waals surface area contributed by atoms with E-state index in [0.717, 1.165) is 19.2 Å². The zero-order chi connectivity index (χ0) is 13.1. The summed E-state index contributed by atoms with van der Waals surface area (Å²) in [4.78, 5) is 21.9. The lowest BCUT2D eigenvalue weighted by Gasteiger charge is -2.12. The second-order valence-corrected chi connectivity index (χ2v) is 2.87. The third-order valence-electron chi connectivity index (χ3n) is 1.81. The number of carbonyl (C=O) groups is 2. The largest absolute Gasteiger partial charge is 0.573 e. The van der Waals surface area contributed by atoms with Gasteiger partial charge in [0.2, 0.25) is 0 Å². The average Bonchev–Trinajstić information content (AvgIpc) is 2.25. The van der Waals surface area contributed by atoms with E-state index in [1.807, 2.05) is 0 Å². The SMILES string of the molecule is COC(=O)c1cccc(OC(F)(F)F)c1C=O. The Kier molecular flexibility index (Phi) is 3.72. The normalized spacial score (nSPS) is 10.8. The number of esters is 1. The van der Waals surface area contributed by atoms with Crippen LogP contribution in [0.3, 0.4) is 0 Å². The Morgan fingerprint density at radius 3 is 2.47 bits per heavy atom. The van der Waals surface area contributed by atoms with E-state index in [1.165, 1.54) is 6.07 Å². The Morgan fingerprint density at radius 1 is 1.35 bits per heavy atom. The topological polar surface area (TPSA) is 52.6 Å². The summed E-state index contributed by atoms with van der Waals surface area (Å²) in [7, 11) is 1.05. The molecule has 0 aliphatic heterocycles. The van der Waals surface area contributed by atoms with E-state index in [0.29, 0.717) is 0 Å². The summed E-state index contributed by atoms with van der Waals surface area (Å²) >= 11 is 0. The third kappa shape index (κ3) is 3.20. The fraction of sp³-hybridized carbons (Fsp3) is 0.200. The second kappa shape index (κ2) is 4.86. The van der Waals surface area contributed by atoms with Gasteiger partial charge in [-0.3, -0.25) is 4.79 Å². The van der Waals surface area contributed by atoms with Gasteiger partial charge >= 0.3 is 12.3 Å². The van der Waals surface area contributed by atoms with Gasteiger partial charge in [-0.25, -0.2) is 4.79 Å². The Labute approximate surface area is 93.9 Å². The van der Waals surface area contributed by atoms with Crippen molar-refractivity contribution in [2.24, 2.45) is 0 Å². The van der Waals surface area contributed by atoms with E-state index >= 15 is 0 Å². The van der Waals surface area contributed by atoms with Crippen molar-refractivity contribution in [1.29, 1.82) is 0 Å². The highest BCUT2D eigenvalue weighted by Crippen LogP contribution is 2.27. The molecule has 0 spiro atoms. The molecule has 17 heavy (non-hydrogen) atoms. The van der Waals surface area contributed by atoms with E-state index < -0.39 is 23.6 Å². The van der Waals surface area contributed by atoms with Crippen LogP contribution in [0, 0.1) is 0 Å². The summed E-state index contributed by atoms with van der Waals surface area (Å²) < 4.78 is 44.0. The Morgan fingerprint density at radius 2 is 2.00 bits per heavy atom. The first-order valence-electron chi connectivity index (χ1n) is 4.31. The summed E-state index contributed by atoms with van der Waals surface area (Å²) in [6.07, 6.45) is -4.83. The predicted molar refractivity (Wildman–Crippen MR) is 49.9 cm³/mol. The van der Waals surface area contributed by atoms with E-state index in [4.69, 9.17) is 0 Å². The Balaban J connectivity index is 3.24. The van der Waals surface area contributed by atoms with Gasteiger partial charge in [-0.05, 0) is 12.1 Å². The first-order chi connectivity index (χ1) is 7.89. The van der Waals surface area contributed by atoms with Gasteiger partial charge in [0.15, 0.2) is 6.29 Å². The number of aldehydes is 1. The van der Waals surface area contributed by atoms with Crippen LogP contribution in [0.1, 0.15) is 20.7 Å². The molecule has 0 aromatic heterocycles. The molecule has 0 radical (unpaired) electrons. The van der Waals surface area contributed by atoms with Crippen molar-refractivity contribution in [3.63, 3.8) is 0 Å². The van der Waals surface area contributed by atoms with E-state index in [2.05, 4.69) is 9.47 Å². The molecule has 0 amide bonds. The summed E-state index contributed by atoms with van der Waals surface area (Å²) in [5.41, 5.74) is -0.791. The summed E-state index contributed by atoms with van der Waals surface area (Å²) in [6, 6.07) is 3.25. The molecule has 0 heterocycles. The minimum absolute atomic E-state index is 0.104. The van der Waals surface area contributed by atoms with Crippen molar-refractivity contribution in [3.8, 4) is 5.75 Å². The van der Waals surface area contributed by atoms with Gasteiger partial charge in [0.1, 0.15) is 5.75 Å². The maximum atomic E-state index is 12.0. The number of benzene rings is 1. The van der Waals surface area contributed by atoms with Crippen molar-refractivity contribution in [2.75, 3.05) is 7.11 Å². The molecule has 0 saturated heterocycles. The van der Waals surface area contributed by atoms with Gasteiger partial charge in [0.25, 0.3) is 0 Å². The zero-order valence-corrected chi connectivity index (χ0v) is 8.58. The standard InChI is InChI=1S/C10H7F3O4/c1-16-9(15)6-3-2-4-8(7(6)5-14)17-10(11,12)13/h2-5H,1H3. The molecule has 1 aromatic rings. The second-order valence-electron chi connectivity index (χ2n) is 2.87. The lowest BCUT2D eigenvalue weighted by molar-refractivity contribution is -0.274. The molecule has 1 aromatic carbocycles. The van der Waals surface area contributed by atoms with Gasteiger partial charge in [0, 0.05) is 0 Å². The highest BCUT2D eigenvalue weighted by atomic mass is 19.4. The maximum Gasteiger partial charge on any atom is 0.573 e. The van der Waals surface area contributed by atoms with Crippen molar-refractivity contribution >= 4 is 12.3 Å². The molecule has 0 unspecified atom stereocenters. The molecule has 0 bridgehead atoms. The van der Waals surface area contributed by atoms with Crippen LogP contribution in [0.4, 0.5) is 13.2 Å². The molecule has 0 aliphatic carbocycles. The number of carbonyl (C=O) groups excluding carboxylic acids is 2. The minimum Gasteiger partial charge on any atom is -0.465 e. The Hall–Kier alpha value is -2.05. The molecule has 1 rings (SSSR count). The Bertz CT molecular complexity index is 440. The van der Waals surface area contributed by atoms with Gasteiger partial charge in [0.05, 0.1) is 18.2 Å². The number of hydrogen-bond acceptors (Lipinski definition) is 4. The smallest absolute Gasteiger partial charge is 0.465 e. The summed E-state index contributed by atoms with van der Waals surface area (Å²) in [6.45, 7) is 0. The van der Waals surface area contributed by atoms with Crippen LogP contribution >= 0.6 is 0 Å². The molecule has 0 aliphatic rings. The summed E-state index contributed by atoms with van der Waals surface area (Å²) in [5, 5.41) is 0. The maximum absolute atomic E-state index is 12.0. The zero-order valence-electron chi connectivity index (χ0n) is 8.58.